The molecule has 0 saturated carbocycles. The van der Waals surface area contributed by atoms with Crippen LogP contribution in [0.1, 0.15) is 34.0 Å². The van der Waals surface area contributed by atoms with Gasteiger partial charge in [-0.05, 0) is 74.9 Å². The highest BCUT2D eigenvalue weighted by Gasteiger charge is 2.41. The van der Waals surface area contributed by atoms with Crippen LogP contribution >= 0.6 is 0 Å². The Morgan fingerprint density at radius 3 is 2.15 bits per heavy atom. The Labute approximate surface area is 239 Å². The molecular weight excluding hydrogens is 508 g/mol. The number of hydrogen-bond donors (Lipinski definition) is 1. The molecule has 2 aliphatic rings. The Bertz CT molecular complexity index is 1820. The second-order valence-corrected chi connectivity index (χ2v) is 10.5. The van der Waals surface area contributed by atoms with Gasteiger partial charge in [0.05, 0.1) is 35.9 Å². The summed E-state index contributed by atoms with van der Waals surface area (Å²) in [5.74, 6) is 3.02. The van der Waals surface area contributed by atoms with Crippen molar-refractivity contribution in [3.05, 3.63) is 125 Å². The quantitative estimate of drug-likeness (QED) is 0.256. The van der Waals surface area contributed by atoms with Crippen molar-refractivity contribution in [3.8, 4) is 11.4 Å². The van der Waals surface area contributed by atoms with E-state index < -0.39 is 0 Å². The maximum Gasteiger partial charge on any atom is 0.179 e. The number of aliphatic imine (C=N–C) groups is 2. The summed E-state index contributed by atoms with van der Waals surface area (Å²) in [5.41, 5.74) is 9.35. The number of ether oxygens (including phenoxy) is 1. The van der Waals surface area contributed by atoms with Gasteiger partial charge in [-0.2, -0.15) is 5.10 Å². The monoisotopic (exact) mass is 538 g/mol. The van der Waals surface area contributed by atoms with Crippen LogP contribution in [0.15, 0.2) is 107 Å². The molecule has 3 heterocycles. The van der Waals surface area contributed by atoms with Gasteiger partial charge in [-0.1, -0.05) is 59.7 Å². The molecule has 5 aromatic rings. The fourth-order valence-electron chi connectivity index (χ4n) is 5.54. The van der Waals surface area contributed by atoms with Crippen LogP contribution in [0.25, 0.3) is 5.69 Å². The Kier molecular flexibility index (Phi) is 5.93. The summed E-state index contributed by atoms with van der Waals surface area (Å²) in [6.45, 7) is 6.28. The largest absolute Gasteiger partial charge is 0.497 e. The number of rotatable bonds is 4. The highest BCUT2D eigenvalue weighted by atomic mass is 16.5. The molecule has 7 rings (SSSR count). The minimum Gasteiger partial charge on any atom is -0.497 e. The molecule has 202 valence electrons. The zero-order valence-corrected chi connectivity index (χ0v) is 23.5. The van der Waals surface area contributed by atoms with Gasteiger partial charge >= 0.3 is 0 Å². The summed E-state index contributed by atoms with van der Waals surface area (Å²) < 4.78 is 7.33. The van der Waals surface area contributed by atoms with Crippen LogP contribution in [0.2, 0.25) is 0 Å². The van der Waals surface area contributed by atoms with Crippen LogP contribution in [-0.4, -0.2) is 28.6 Å². The second-order valence-electron chi connectivity index (χ2n) is 10.5. The zero-order valence-electron chi connectivity index (χ0n) is 23.5. The Morgan fingerprint density at radius 2 is 1.44 bits per heavy atom. The molecule has 1 N–H and O–H groups in total. The molecule has 4 aromatic carbocycles. The average molecular weight is 539 g/mol. The van der Waals surface area contributed by atoms with E-state index in [0.717, 1.165) is 57.0 Å². The van der Waals surface area contributed by atoms with E-state index in [1.165, 1.54) is 11.1 Å². The second kappa shape index (κ2) is 9.78. The van der Waals surface area contributed by atoms with Crippen LogP contribution < -0.4 is 15.0 Å². The molecule has 0 unspecified atom stereocenters. The lowest BCUT2D eigenvalue weighted by atomic mass is 9.93. The van der Waals surface area contributed by atoms with Gasteiger partial charge in [0, 0.05) is 11.3 Å². The van der Waals surface area contributed by atoms with Crippen molar-refractivity contribution >= 4 is 34.6 Å². The molecule has 0 bridgehead atoms. The predicted octanol–water partition coefficient (Wildman–Crippen LogP) is 7.60. The van der Waals surface area contributed by atoms with Gasteiger partial charge in [-0.25, -0.2) is 14.7 Å². The van der Waals surface area contributed by atoms with Gasteiger partial charge in [0.2, 0.25) is 0 Å². The summed E-state index contributed by atoms with van der Waals surface area (Å²) in [7, 11) is 1.67. The number of anilines is 2. The third kappa shape index (κ3) is 4.26. The fraction of sp³-hybridized carbons (Fsp3) is 0.147. The minimum atomic E-state index is -0.151. The third-order valence-corrected chi connectivity index (χ3v) is 7.66. The van der Waals surface area contributed by atoms with Crippen molar-refractivity contribution in [2.24, 2.45) is 9.98 Å². The van der Waals surface area contributed by atoms with Crippen molar-refractivity contribution in [1.29, 1.82) is 0 Å². The summed E-state index contributed by atoms with van der Waals surface area (Å²) in [6.07, 6.45) is 0. The van der Waals surface area contributed by atoms with E-state index in [1.807, 2.05) is 41.1 Å². The van der Waals surface area contributed by atoms with Gasteiger partial charge in [0.25, 0.3) is 0 Å². The molecule has 0 saturated heterocycles. The highest BCUT2D eigenvalue weighted by Crippen LogP contribution is 2.48. The first-order valence-corrected chi connectivity index (χ1v) is 13.7. The first-order valence-electron chi connectivity index (χ1n) is 13.7. The van der Waals surface area contributed by atoms with Gasteiger partial charge in [0.15, 0.2) is 17.5 Å². The highest BCUT2D eigenvalue weighted by molar-refractivity contribution is 6.51. The van der Waals surface area contributed by atoms with E-state index in [9.17, 15) is 0 Å². The van der Waals surface area contributed by atoms with E-state index in [4.69, 9.17) is 19.8 Å². The lowest BCUT2D eigenvalue weighted by Gasteiger charge is -2.40. The molecule has 41 heavy (non-hydrogen) atoms. The van der Waals surface area contributed by atoms with Crippen molar-refractivity contribution in [2.45, 2.75) is 26.8 Å². The number of aryl methyl sites for hydroxylation is 3. The summed E-state index contributed by atoms with van der Waals surface area (Å²) in [5, 5.41) is 8.59. The molecule has 1 atom stereocenters. The molecule has 7 heteroatoms. The maximum atomic E-state index is 5.37. The number of para-hydroxylation sites is 2. The molecule has 0 aliphatic carbocycles. The summed E-state index contributed by atoms with van der Waals surface area (Å²) in [4.78, 5) is 12.7. The number of fused-ring (bicyclic) bond motifs is 4. The molecule has 2 aliphatic heterocycles. The van der Waals surface area contributed by atoms with Gasteiger partial charge in [0.1, 0.15) is 5.75 Å². The molecule has 0 amide bonds. The predicted molar refractivity (Wildman–Crippen MR) is 166 cm³/mol. The first kappa shape index (κ1) is 24.8. The number of nitrogens with zero attached hydrogens (tertiary/aromatic N) is 5. The Balaban J connectivity index is 1.47. The first-order chi connectivity index (χ1) is 20.0. The van der Waals surface area contributed by atoms with E-state index >= 15 is 0 Å². The van der Waals surface area contributed by atoms with Crippen molar-refractivity contribution in [2.75, 3.05) is 17.3 Å². The number of nitrogens with one attached hydrogen (secondary N) is 1. The zero-order chi connectivity index (χ0) is 28.1. The molecule has 0 radical (unpaired) electrons. The molecule has 1 aromatic heterocycles. The number of amidine groups is 2. The van der Waals surface area contributed by atoms with Crippen molar-refractivity contribution in [1.82, 2.24) is 9.78 Å². The molecule has 7 nitrogen and oxygen atoms in total. The van der Waals surface area contributed by atoms with E-state index in [-0.39, 0.29) is 6.04 Å². The topological polar surface area (TPSA) is 67.0 Å². The molecule has 0 fully saturated rings. The number of aromatic nitrogens is 2. The molecule has 0 spiro atoms. The van der Waals surface area contributed by atoms with Crippen LogP contribution in [0.3, 0.4) is 0 Å². The SMILES string of the molecule is COc1ccc(NC2=Nc3ccccc3N3C2=Nc2c(c(C)nn2-c2ccc(C)cc2)[C@H]3c2ccc(C)cc2)cc1. The average Bonchev–Trinajstić information content (AvgIpc) is 3.33. The van der Waals surface area contributed by atoms with Crippen LogP contribution in [0, 0.1) is 20.8 Å². The van der Waals surface area contributed by atoms with Gasteiger partial charge in [-0.3, -0.25) is 0 Å². The third-order valence-electron chi connectivity index (χ3n) is 7.66. The fourth-order valence-corrected chi connectivity index (χ4v) is 5.54. The number of methoxy groups -OCH3 is 1. The van der Waals surface area contributed by atoms with Crippen LogP contribution in [0.4, 0.5) is 22.9 Å². The Hall–Kier alpha value is -5.17. The van der Waals surface area contributed by atoms with Crippen molar-refractivity contribution < 1.29 is 4.74 Å². The van der Waals surface area contributed by atoms with E-state index in [2.05, 4.69) is 91.7 Å². The van der Waals surface area contributed by atoms with E-state index in [0.29, 0.717) is 5.84 Å². The molecular formula is C34H30N6O. The maximum absolute atomic E-state index is 5.37. The van der Waals surface area contributed by atoms with Crippen LogP contribution in [0.5, 0.6) is 5.75 Å². The van der Waals surface area contributed by atoms with Gasteiger partial charge < -0.3 is 15.0 Å². The standard InChI is InChI=1S/C34H30N6O/c1-21-9-13-24(14-10-21)31-30-23(3)38-40(26-17-11-22(2)12-18-26)33(30)37-34-32(35-25-15-19-27(41-4)20-16-25)36-28-7-5-6-8-29(28)39(31)34/h5-20,31H,1-4H3,(H,35,36)/t31-/m1/s1. The summed E-state index contributed by atoms with van der Waals surface area (Å²) in [6, 6.07) is 33.1. The summed E-state index contributed by atoms with van der Waals surface area (Å²) >= 11 is 0. The number of hydrogen-bond acceptors (Lipinski definition) is 6. The normalized spacial score (nSPS) is 15.3. The lowest BCUT2D eigenvalue weighted by Crippen LogP contribution is -2.46. The lowest BCUT2D eigenvalue weighted by molar-refractivity contribution is 0.415. The Morgan fingerprint density at radius 1 is 0.756 bits per heavy atom. The van der Waals surface area contributed by atoms with Crippen LogP contribution in [-0.2, 0) is 0 Å². The smallest absolute Gasteiger partial charge is 0.179 e. The van der Waals surface area contributed by atoms with Crippen molar-refractivity contribution in [3.63, 3.8) is 0 Å². The number of benzene rings is 4. The van der Waals surface area contributed by atoms with E-state index in [1.54, 1.807) is 7.11 Å². The minimum absolute atomic E-state index is 0.151. The van der Waals surface area contributed by atoms with Gasteiger partial charge in [-0.15, -0.1) is 0 Å².